The lowest BCUT2D eigenvalue weighted by molar-refractivity contribution is -0.148. The van der Waals surface area contributed by atoms with E-state index in [1.54, 1.807) is 22.4 Å². The van der Waals surface area contributed by atoms with Crippen molar-refractivity contribution in [3.05, 3.63) is 11.6 Å². The van der Waals surface area contributed by atoms with Crippen LogP contribution in [-0.2, 0) is 4.79 Å². The van der Waals surface area contributed by atoms with Gasteiger partial charge in [0.25, 0.3) is 0 Å². The second-order valence-corrected chi connectivity index (χ2v) is 6.33. The Bertz CT molecular complexity index is 522. The number of nitrogens with one attached hydrogen (secondary N) is 1. The number of hydrogen-bond acceptors (Lipinski definition) is 5. The molecule has 2 amide bonds. The van der Waals surface area contributed by atoms with Gasteiger partial charge >= 0.3 is 12.0 Å². The number of rotatable bonds is 3. The number of carboxylic acids is 1. The summed E-state index contributed by atoms with van der Waals surface area (Å²) in [6.45, 7) is 2.62. The maximum atomic E-state index is 12.2. The second kappa shape index (κ2) is 5.51. The number of anilines is 1. The zero-order valence-electron chi connectivity index (χ0n) is 11.6. The maximum Gasteiger partial charge on any atom is 0.329 e. The van der Waals surface area contributed by atoms with Gasteiger partial charge in [-0.1, -0.05) is 0 Å². The van der Waals surface area contributed by atoms with Crippen LogP contribution in [0.2, 0.25) is 0 Å². The van der Waals surface area contributed by atoms with Crippen LogP contribution >= 0.6 is 11.3 Å². The van der Waals surface area contributed by atoms with E-state index in [4.69, 9.17) is 0 Å². The molecule has 0 spiro atoms. The number of aromatic nitrogens is 1. The van der Waals surface area contributed by atoms with E-state index in [0.717, 1.165) is 24.6 Å². The van der Waals surface area contributed by atoms with E-state index < -0.39 is 11.5 Å². The predicted molar refractivity (Wildman–Crippen MR) is 78.6 cm³/mol. The lowest BCUT2D eigenvalue weighted by atomic mass is 9.77. The van der Waals surface area contributed by atoms with Crippen LogP contribution in [-0.4, -0.2) is 58.7 Å². The molecule has 1 aromatic rings. The Morgan fingerprint density at radius 2 is 2.00 bits per heavy atom. The molecule has 0 unspecified atom stereocenters. The summed E-state index contributed by atoms with van der Waals surface area (Å²) >= 11 is 1.58. The summed E-state index contributed by atoms with van der Waals surface area (Å²) in [6.07, 6.45) is 3.66. The first-order valence-corrected chi connectivity index (χ1v) is 7.94. The van der Waals surface area contributed by atoms with Crippen LogP contribution < -0.4 is 10.2 Å². The summed E-state index contributed by atoms with van der Waals surface area (Å²) in [5.74, 6) is -0.927. The summed E-state index contributed by atoms with van der Waals surface area (Å²) in [6, 6.07) is -0.268. The number of piperazine rings is 1. The molecule has 114 valence electrons. The van der Waals surface area contributed by atoms with Crippen LogP contribution in [0.1, 0.15) is 19.3 Å². The topological polar surface area (TPSA) is 85.8 Å². The number of amides is 2. The van der Waals surface area contributed by atoms with Crippen molar-refractivity contribution in [1.29, 1.82) is 0 Å². The van der Waals surface area contributed by atoms with Crippen molar-refractivity contribution in [2.45, 2.75) is 24.8 Å². The average Bonchev–Trinajstić information content (AvgIpc) is 2.96. The van der Waals surface area contributed by atoms with Crippen LogP contribution in [0.15, 0.2) is 11.6 Å². The molecule has 1 aliphatic carbocycles. The van der Waals surface area contributed by atoms with Crippen molar-refractivity contribution >= 4 is 28.5 Å². The molecule has 3 rings (SSSR count). The van der Waals surface area contributed by atoms with E-state index in [1.165, 1.54) is 0 Å². The smallest absolute Gasteiger partial charge is 0.329 e. The van der Waals surface area contributed by atoms with Crippen molar-refractivity contribution in [1.82, 2.24) is 15.2 Å². The normalized spacial score (nSPS) is 20.8. The zero-order chi connectivity index (χ0) is 14.9. The molecule has 21 heavy (non-hydrogen) atoms. The molecular weight excluding hydrogens is 292 g/mol. The maximum absolute atomic E-state index is 12.2. The van der Waals surface area contributed by atoms with Gasteiger partial charge in [-0.3, -0.25) is 0 Å². The van der Waals surface area contributed by atoms with Crippen molar-refractivity contribution < 1.29 is 14.7 Å². The Morgan fingerprint density at radius 1 is 1.29 bits per heavy atom. The molecular formula is C13H18N4O3S. The third-order valence-corrected chi connectivity index (χ3v) is 5.05. The number of urea groups is 1. The van der Waals surface area contributed by atoms with Gasteiger partial charge in [-0.15, -0.1) is 11.3 Å². The molecule has 2 aliphatic rings. The van der Waals surface area contributed by atoms with Gasteiger partial charge in [0.2, 0.25) is 0 Å². The molecule has 0 atom stereocenters. The second-order valence-electron chi connectivity index (χ2n) is 5.46. The highest BCUT2D eigenvalue weighted by molar-refractivity contribution is 7.13. The molecule has 2 fully saturated rings. The van der Waals surface area contributed by atoms with Crippen molar-refractivity contribution in [3.63, 3.8) is 0 Å². The van der Waals surface area contributed by atoms with E-state index in [0.29, 0.717) is 25.9 Å². The quantitative estimate of drug-likeness (QED) is 0.869. The van der Waals surface area contributed by atoms with Gasteiger partial charge in [-0.05, 0) is 19.3 Å². The number of hydrogen-bond donors (Lipinski definition) is 2. The van der Waals surface area contributed by atoms with Crippen LogP contribution in [0.4, 0.5) is 9.93 Å². The number of nitrogens with zero attached hydrogens (tertiary/aromatic N) is 3. The van der Waals surface area contributed by atoms with Gasteiger partial charge in [0.05, 0.1) is 0 Å². The lowest BCUT2D eigenvalue weighted by Gasteiger charge is -2.41. The van der Waals surface area contributed by atoms with Gasteiger partial charge in [-0.2, -0.15) is 0 Å². The first kappa shape index (κ1) is 14.1. The van der Waals surface area contributed by atoms with Gasteiger partial charge in [0.15, 0.2) is 5.13 Å². The monoisotopic (exact) mass is 310 g/mol. The first-order chi connectivity index (χ1) is 10.1. The average molecular weight is 310 g/mol. The van der Waals surface area contributed by atoms with Gasteiger partial charge < -0.3 is 20.2 Å². The van der Waals surface area contributed by atoms with Crippen LogP contribution in [0.3, 0.4) is 0 Å². The summed E-state index contributed by atoms with van der Waals surface area (Å²) in [5, 5.41) is 14.9. The Kier molecular flexibility index (Phi) is 3.71. The van der Waals surface area contributed by atoms with E-state index >= 15 is 0 Å². The molecule has 0 radical (unpaired) electrons. The highest BCUT2D eigenvalue weighted by Gasteiger charge is 2.46. The van der Waals surface area contributed by atoms with Crippen molar-refractivity contribution in [2.75, 3.05) is 31.1 Å². The Morgan fingerprint density at radius 3 is 2.48 bits per heavy atom. The molecule has 0 aromatic carbocycles. The minimum Gasteiger partial charge on any atom is -0.480 e. The van der Waals surface area contributed by atoms with Gasteiger partial charge in [0, 0.05) is 37.8 Å². The summed E-state index contributed by atoms with van der Waals surface area (Å²) in [7, 11) is 0. The summed E-state index contributed by atoms with van der Waals surface area (Å²) in [5.41, 5.74) is -1.04. The lowest BCUT2D eigenvalue weighted by Crippen LogP contribution is -2.63. The fourth-order valence-corrected chi connectivity index (χ4v) is 3.38. The molecule has 1 aromatic heterocycles. The van der Waals surface area contributed by atoms with Crippen LogP contribution in [0.25, 0.3) is 0 Å². The molecule has 2 heterocycles. The number of carbonyl (C=O) groups is 2. The fraction of sp³-hybridized carbons (Fsp3) is 0.615. The minimum absolute atomic E-state index is 0.268. The molecule has 1 saturated carbocycles. The van der Waals surface area contributed by atoms with E-state index in [1.807, 2.05) is 5.38 Å². The third kappa shape index (κ3) is 2.67. The van der Waals surface area contributed by atoms with Gasteiger partial charge in [-0.25, -0.2) is 14.6 Å². The number of carboxylic acid groups (broad SMARTS) is 1. The van der Waals surface area contributed by atoms with Crippen LogP contribution in [0, 0.1) is 0 Å². The molecule has 1 saturated heterocycles. The Balaban J connectivity index is 1.54. The molecule has 2 N–H and O–H groups in total. The summed E-state index contributed by atoms with van der Waals surface area (Å²) in [4.78, 5) is 31.6. The van der Waals surface area contributed by atoms with E-state index in [9.17, 15) is 14.7 Å². The summed E-state index contributed by atoms with van der Waals surface area (Å²) < 4.78 is 0. The van der Waals surface area contributed by atoms with Crippen molar-refractivity contribution in [2.24, 2.45) is 0 Å². The highest BCUT2D eigenvalue weighted by atomic mass is 32.1. The Hall–Kier alpha value is -1.83. The van der Waals surface area contributed by atoms with E-state index in [-0.39, 0.29) is 6.03 Å². The zero-order valence-corrected chi connectivity index (χ0v) is 12.4. The van der Waals surface area contributed by atoms with Gasteiger partial charge in [0.1, 0.15) is 5.54 Å². The van der Waals surface area contributed by atoms with Crippen molar-refractivity contribution in [3.8, 4) is 0 Å². The largest absolute Gasteiger partial charge is 0.480 e. The third-order valence-electron chi connectivity index (χ3n) is 4.22. The molecule has 8 heteroatoms. The standard InChI is InChI=1S/C13H18N4O3S/c18-10(19)13(2-1-3-13)15-11(20)16-5-7-17(8-6-16)12-14-4-9-21-12/h4,9H,1-3,5-8H2,(H,15,20)(H,18,19). The molecule has 7 nitrogen and oxygen atoms in total. The Labute approximate surface area is 126 Å². The number of carbonyl (C=O) groups excluding carboxylic acids is 1. The van der Waals surface area contributed by atoms with Crippen LogP contribution in [0.5, 0.6) is 0 Å². The first-order valence-electron chi connectivity index (χ1n) is 7.06. The minimum atomic E-state index is -1.04. The molecule has 1 aliphatic heterocycles. The predicted octanol–water partition coefficient (Wildman–Crippen LogP) is 0.982. The number of thiazole rings is 1. The number of aliphatic carboxylic acids is 1. The fourth-order valence-electron chi connectivity index (χ4n) is 2.68. The SMILES string of the molecule is O=C(NC1(C(=O)O)CCC1)N1CCN(c2nccs2)CC1. The molecule has 0 bridgehead atoms. The van der Waals surface area contributed by atoms with E-state index in [2.05, 4.69) is 15.2 Å². The highest BCUT2D eigenvalue weighted by Crippen LogP contribution is 2.32.